The lowest BCUT2D eigenvalue weighted by atomic mass is 10.2. The van der Waals surface area contributed by atoms with E-state index in [1.165, 1.54) is 12.8 Å². The third-order valence-corrected chi connectivity index (χ3v) is 5.05. The van der Waals surface area contributed by atoms with Gasteiger partial charge in [0, 0.05) is 19.1 Å². The van der Waals surface area contributed by atoms with Crippen molar-refractivity contribution in [1.82, 2.24) is 9.62 Å². The van der Waals surface area contributed by atoms with Gasteiger partial charge in [0.25, 0.3) is 0 Å². The van der Waals surface area contributed by atoms with Gasteiger partial charge >= 0.3 is 0 Å². The highest BCUT2D eigenvalue weighted by Crippen LogP contribution is 2.14. The summed E-state index contributed by atoms with van der Waals surface area (Å²) in [6.45, 7) is 6.37. The Morgan fingerprint density at radius 3 is 2.24 bits per heavy atom. The fraction of sp³-hybridized carbons (Fsp3) is 1.00. The highest BCUT2D eigenvalue weighted by molar-refractivity contribution is 7.89. The van der Waals surface area contributed by atoms with Crippen LogP contribution in [0.4, 0.5) is 0 Å². The van der Waals surface area contributed by atoms with E-state index in [9.17, 15) is 8.42 Å². The van der Waals surface area contributed by atoms with Crippen molar-refractivity contribution in [2.24, 2.45) is 0 Å². The summed E-state index contributed by atoms with van der Waals surface area (Å²) in [6, 6.07) is 0.427. The molecule has 1 saturated heterocycles. The Kier molecular flexibility index (Phi) is 6.44. The van der Waals surface area contributed by atoms with E-state index in [0.29, 0.717) is 12.5 Å². The summed E-state index contributed by atoms with van der Waals surface area (Å²) in [6.07, 6.45) is 5.08. The molecule has 1 rings (SSSR count). The number of nitrogens with one attached hydrogen (secondary N) is 1. The molecule has 0 bridgehead atoms. The second kappa shape index (κ2) is 7.34. The van der Waals surface area contributed by atoms with Gasteiger partial charge < -0.3 is 5.32 Å². The van der Waals surface area contributed by atoms with Crippen LogP contribution >= 0.6 is 0 Å². The van der Waals surface area contributed by atoms with Crippen molar-refractivity contribution in [3.05, 3.63) is 0 Å². The number of sulfonamides is 1. The minimum atomic E-state index is -3.01. The Morgan fingerprint density at radius 1 is 1.12 bits per heavy atom. The first kappa shape index (κ1) is 14.9. The van der Waals surface area contributed by atoms with Crippen LogP contribution in [0, 0.1) is 0 Å². The SMILES string of the molecule is CC(C)NCCCS(=O)(=O)N1CCCCCC1. The van der Waals surface area contributed by atoms with Crippen LogP contribution in [0.15, 0.2) is 0 Å². The van der Waals surface area contributed by atoms with Gasteiger partial charge in [0.05, 0.1) is 5.75 Å². The van der Waals surface area contributed by atoms with Crippen LogP contribution in [0.25, 0.3) is 0 Å². The molecule has 1 aliphatic heterocycles. The molecule has 1 aliphatic rings. The van der Waals surface area contributed by atoms with Gasteiger partial charge in [-0.1, -0.05) is 26.7 Å². The third-order valence-electron chi connectivity index (χ3n) is 3.09. The highest BCUT2D eigenvalue weighted by Gasteiger charge is 2.22. The van der Waals surface area contributed by atoms with Crippen molar-refractivity contribution in [1.29, 1.82) is 0 Å². The molecule has 1 heterocycles. The summed E-state index contributed by atoms with van der Waals surface area (Å²) in [7, 11) is -3.01. The normalized spacial score (nSPS) is 19.5. The Hall–Kier alpha value is -0.130. The summed E-state index contributed by atoms with van der Waals surface area (Å²) in [5.41, 5.74) is 0. The first-order chi connectivity index (χ1) is 8.02. The minimum absolute atomic E-state index is 0.284. The van der Waals surface area contributed by atoms with Crippen LogP contribution in [0.1, 0.15) is 46.0 Å². The van der Waals surface area contributed by atoms with Gasteiger partial charge in [-0.05, 0) is 25.8 Å². The van der Waals surface area contributed by atoms with Gasteiger partial charge in [-0.25, -0.2) is 12.7 Å². The fourth-order valence-corrected chi connectivity index (χ4v) is 3.68. The Balaban J connectivity index is 2.33. The van der Waals surface area contributed by atoms with Gasteiger partial charge in [-0.2, -0.15) is 0 Å². The molecule has 0 radical (unpaired) electrons. The minimum Gasteiger partial charge on any atom is -0.314 e. The smallest absolute Gasteiger partial charge is 0.214 e. The van der Waals surface area contributed by atoms with Crippen LogP contribution in [0.2, 0.25) is 0 Å². The first-order valence-electron chi connectivity index (χ1n) is 6.73. The average Bonchev–Trinajstić information content (AvgIpc) is 2.53. The van der Waals surface area contributed by atoms with Gasteiger partial charge in [0.1, 0.15) is 0 Å². The van der Waals surface area contributed by atoms with Crippen LogP contribution in [-0.2, 0) is 10.0 Å². The maximum Gasteiger partial charge on any atom is 0.214 e. The second-order valence-electron chi connectivity index (χ2n) is 5.09. The molecule has 5 heteroatoms. The van der Waals surface area contributed by atoms with Crippen LogP contribution in [-0.4, -0.2) is 44.2 Å². The van der Waals surface area contributed by atoms with Crippen molar-refractivity contribution < 1.29 is 8.42 Å². The van der Waals surface area contributed by atoms with Gasteiger partial charge in [-0.15, -0.1) is 0 Å². The van der Waals surface area contributed by atoms with Crippen LogP contribution in [0.5, 0.6) is 0 Å². The van der Waals surface area contributed by atoms with Gasteiger partial charge in [0.2, 0.25) is 10.0 Å². The zero-order valence-electron chi connectivity index (χ0n) is 11.1. The van der Waals surface area contributed by atoms with E-state index in [1.807, 2.05) is 0 Å². The number of rotatable bonds is 6. The quantitative estimate of drug-likeness (QED) is 0.739. The molecule has 0 aromatic carbocycles. The second-order valence-corrected chi connectivity index (χ2v) is 7.18. The van der Waals surface area contributed by atoms with Gasteiger partial charge in [-0.3, -0.25) is 0 Å². The predicted octanol–water partition coefficient (Wildman–Crippen LogP) is 1.58. The highest BCUT2D eigenvalue weighted by atomic mass is 32.2. The lowest BCUT2D eigenvalue weighted by molar-refractivity contribution is 0.422. The molecule has 0 aliphatic carbocycles. The molecule has 0 atom stereocenters. The fourth-order valence-electron chi connectivity index (χ4n) is 2.09. The van der Waals surface area contributed by atoms with E-state index in [4.69, 9.17) is 0 Å². The maximum absolute atomic E-state index is 12.1. The van der Waals surface area contributed by atoms with Crippen molar-refractivity contribution in [2.45, 2.75) is 52.0 Å². The zero-order chi connectivity index (χ0) is 12.7. The molecule has 0 aromatic heterocycles. The standard InChI is InChI=1S/C12H26N2O2S/c1-12(2)13-8-7-11-17(15,16)14-9-5-3-4-6-10-14/h12-13H,3-11H2,1-2H3. The van der Waals surface area contributed by atoms with Crippen molar-refractivity contribution >= 4 is 10.0 Å². The molecule has 0 saturated carbocycles. The topological polar surface area (TPSA) is 49.4 Å². The molecule has 0 spiro atoms. The Morgan fingerprint density at radius 2 is 1.71 bits per heavy atom. The largest absolute Gasteiger partial charge is 0.314 e. The van der Waals surface area contributed by atoms with E-state index in [2.05, 4.69) is 19.2 Å². The predicted molar refractivity (Wildman–Crippen MR) is 71.6 cm³/mol. The summed E-state index contributed by atoms with van der Waals surface area (Å²) in [5, 5.41) is 3.25. The maximum atomic E-state index is 12.1. The molecule has 4 nitrogen and oxygen atoms in total. The molecule has 1 fully saturated rings. The Bertz CT molecular complexity index is 294. The molecular weight excluding hydrogens is 236 g/mol. The van der Waals surface area contributed by atoms with E-state index >= 15 is 0 Å². The average molecular weight is 262 g/mol. The van der Waals surface area contributed by atoms with Crippen LogP contribution in [0.3, 0.4) is 0 Å². The van der Waals surface area contributed by atoms with Crippen molar-refractivity contribution in [3.8, 4) is 0 Å². The molecule has 0 amide bonds. The van der Waals surface area contributed by atoms with E-state index in [1.54, 1.807) is 4.31 Å². The molecule has 102 valence electrons. The number of nitrogens with zero attached hydrogens (tertiary/aromatic N) is 1. The molecule has 0 aromatic rings. The molecule has 0 unspecified atom stereocenters. The summed E-state index contributed by atoms with van der Waals surface area (Å²) < 4.78 is 25.9. The number of hydrogen-bond donors (Lipinski definition) is 1. The lowest BCUT2D eigenvalue weighted by Gasteiger charge is -2.20. The molecule has 1 N–H and O–H groups in total. The van der Waals surface area contributed by atoms with E-state index in [0.717, 1.165) is 32.5 Å². The lowest BCUT2D eigenvalue weighted by Crippen LogP contribution is -2.35. The summed E-state index contributed by atoms with van der Waals surface area (Å²) in [5.74, 6) is 0.284. The third kappa shape index (κ3) is 5.84. The van der Waals surface area contributed by atoms with Gasteiger partial charge in [0.15, 0.2) is 0 Å². The molecule has 17 heavy (non-hydrogen) atoms. The zero-order valence-corrected chi connectivity index (χ0v) is 11.9. The summed E-state index contributed by atoms with van der Waals surface area (Å²) in [4.78, 5) is 0. The summed E-state index contributed by atoms with van der Waals surface area (Å²) >= 11 is 0. The van der Waals surface area contributed by atoms with E-state index < -0.39 is 10.0 Å². The molecular formula is C12H26N2O2S. The van der Waals surface area contributed by atoms with Crippen molar-refractivity contribution in [3.63, 3.8) is 0 Å². The number of hydrogen-bond acceptors (Lipinski definition) is 3. The Labute approximate surface area is 106 Å². The van der Waals surface area contributed by atoms with Crippen LogP contribution < -0.4 is 5.32 Å². The van der Waals surface area contributed by atoms with E-state index in [-0.39, 0.29) is 5.75 Å². The first-order valence-corrected chi connectivity index (χ1v) is 8.34. The van der Waals surface area contributed by atoms with Crippen molar-refractivity contribution in [2.75, 3.05) is 25.4 Å². The monoisotopic (exact) mass is 262 g/mol.